The average Bonchev–Trinajstić information content (AvgIpc) is 2.90. The van der Waals surface area contributed by atoms with Gasteiger partial charge in [-0.1, -0.05) is 5.16 Å². The summed E-state index contributed by atoms with van der Waals surface area (Å²) in [6, 6.07) is 1.19. The average molecular weight is 263 g/mol. The number of nitrogens with zero attached hydrogens (tertiary/aromatic N) is 3. The highest BCUT2D eigenvalue weighted by Gasteiger charge is 2.32. The highest BCUT2D eigenvalue weighted by molar-refractivity contribution is 5.24. The summed E-state index contributed by atoms with van der Waals surface area (Å²) < 4.78 is 5.34. The molecular weight excluding hydrogens is 238 g/mol. The molecule has 0 bridgehead atoms. The van der Waals surface area contributed by atoms with Crippen molar-refractivity contribution in [1.29, 1.82) is 0 Å². The lowest BCUT2D eigenvalue weighted by atomic mass is 10.0. The van der Waals surface area contributed by atoms with Gasteiger partial charge in [-0.05, 0) is 53.1 Å². The van der Waals surface area contributed by atoms with Crippen LogP contribution in [0.2, 0.25) is 0 Å². The third kappa shape index (κ3) is 2.43. The maximum absolute atomic E-state index is 5.34. The largest absolute Gasteiger partial charge is 0.361 e. The molecule has 1 aromatic heterocycles. The van der Waals surface area contributed by atoms with E-state index in [-0.39, 0.29) is 0 Å². The molecule has 2 atom stereocenters. The molecule has 3 heterocycles. The maximum atomic E-state index is 5.34. The van der Waals surface area contributed by atoms with Crippen molar-refractivity contribution < 1.29 is 4.52 Å². The van der Waals surface area contributed by atoms with Crippen molar-refractivity contribution in [2.24, 2.45) is 0 Å². The van der Waals surface area contributed by atoms with Crippen LogP contribution in [-0.4, -0.2) is 47.2 Å². The van der Waals surface area contributed by atoms with E-state index < -0.39 is 0 Å². The third-order valence-electron chi connectivity index (χ3n) is 4.89. The van der Waals surface area contributed by atoms with Gasteiger partial charge in [0.25, 0.3) is 0 Å². The fraction of sp³-hybridized carbons (Fsp3) is 0.800. The molecule has 4 nitrogen and oxygen atoms in total. The summed E-state index contributed by atoms with van der Waals surface area (Å²) in [6.07, 6.45) is 4.02. The zero-order valence-corrected chi connectivity index (χ0v) is 12.4. The van der Waals surface area contributed by atoms with E-state index in [4.69, 9.17) is 4.52 Å². The number of rotatable bonds is 2. The first-order valence-corrected chi connectivity index (χ1v) is 7.57. The minimum atomic E-state index is 0.423. The van der Waals surface area contributed by atoms with Crippen molar-refractivity contribution in [3.8, 4) is 0 Å². The van der Waals surface area contributed by atoms with Crippen molar-refractivity contribution in [3.63, 3.8) is 0 Å². The van der Waals surface area contributed by atoms with Crippen LogP contribution in [0.25, 0.3) is 0 Å². The summed E-state index contributed by atoms with van der Waals surface area (Å²) >= 11 is 0. The van der Waals surface area contributed by atoms with Gasteiger partial charge in [0.15, 0.2) is 0 Å². The van der Waals surface area contributed by atoms with Crippen molar-refractivity contribution in [3.05, 3.63) is 17.0 Å². The minimum absolute atomic E-state index is 0.423. The SMILES string of the molecule is Cc1noc(C)c1C(C)N1CCCN2CCCC2C1. The van der Waals surface area contributed by atoms with Crippen molar-refractivity contribution >= 4 is 0 Å². The van der Waals surface area contributed by atoms with E-state index in [9.17, 15) is 0 Å². The van der Waals surface area contributed by atoms with Crippen LogP contribution in [0.4, 0.5) is 0 Å². The molecule has 2 fully saturated rings. The molecule has 0 radical (unpaired) electrons. The van der Waals surface area contributed by atoms with Gasteiger partial charge in [-0.2, -0.15) is 0 Å². The maximum Gasteiger partial charge on any atom is 0.138 e. The molecule has 2 unspecified atom stereocenters. The van der Waals surface area contributed by atoms with Crippen LogP contribution in [0.15, 0.2) is 4.52 Å². The minimum Gasteiger partial charge on any atom is -0.361 e. The normalized spacial score (nSPS) is 27.2. The highest BCUT2D eigenvalue weighted by Crippen LogP contribution is 2.30. The van der Waals surface area contributed by atoms with Gasteiger partial charge in [-0.3, -0.25) is 9.80 Å². The monoisotopic (exact) mass is 263 g/mol. The Hall–Kier alpha value is -0.870. The fourth-order valence-electron chi connectivity index (χ4n) is 3.86. The Bertz CT molecular complexity index is 423. The van der Waals surface area contributed by atoms with Crippen LogP contribution >= 0.6 is 0 Å². The summed E-state index contributed by atoms with van der Waals surface area (Å²) in [5.74, 6) is 0.984. The molecule has 19 heavy (non-hydrogen) atoms. The van der Waals surface area contributed by atoms with Crippen LogP contribution in [0, 0.1) is 13.8 Å². The first-order valence-electron chi connectivity index (χ1n) is 7.57. The molecule has 106 valence electrons. The summed E-state index contributed by atoms with van der Waals surface area (Å²) in [5, 5.41) is 4.11. The van der Waals surface area contributed by atoms with E-state index in [1.54, 1.807) is 0 Å². The first kappa shape index (κ1) is 13.1. The number of fused-ring (bicyclic) bond motifs is 1. The molecule has 0 amide bonds. The lowest BCUT2D eigenvalue weighted by Crippen LogP contribution is -2.37. The van der Waals surface area contributed by atoms with Crippen molar-refractivity contribution in [1.82, 2.24) is 15.0 Å². The molecule has 0 spiro atoms. The van der Waals surface area contributed by atoms with Crippen LogP contribution in [0.3, 0.4) is 0 Å². The van der Waals surface area contributed by atoms with Crippen molar-refractivity contribution in [2.45, 2.75) is 52.1 Å². The Morgan fingerprint density at radius 2 is 2.00 bits per heavy atom. The summed E-state index contributed by atoms with van der Waals surface area (Å²) in [7, 11) is 0. The number of hydrogen-bond donors (Lipinski definition) is 0. The number of aromatic nitrogens is 1. The lowest BCUT2D eigenvalue weighted by Gasteiger charge is -2.30. The predicted octanol–water partition coefficient (Wildman–Crippen LogP) is 2.52. The van der Waals surface area contributed by atoms with E-state index in [1.807, 2.05) is 6.92 Å². The predicted molar refractivity (Wildman–Crippen MR) is 75.2 cm³/mol. The highest BCUT2D eigenvalue weighted by atomic mass is 16.5. The Morgan fingerprint density at radius 1 is 1.21 bits per heavy atom. The summed E-state index contributed by atoms with van der Waals surface area (Å²) in [4.78, 5) is 5.31. The number of hydrogen-bond acceptors (Lipinski definition) is 4. The first-order chi connectivity index (χ1) is 9.16. The van der Waals surface area contributed by atoms with Gasteiger partial charge in [0.05, 0.1) is 5.69 Å². The molecule has 2 aliphatic heterocycles. The Labute approximate surface area is 115 Å². The number of aryl methyl sites for hydroxylation is 2. The molecule has 0 N–H and O–H groups in total. The quantitative estimate of drug-likeness (QED) is 0.821. The molecule has 0 aromatic carbocycles. The van der Waals surface area contributed by atoms with Gasteiger partial charge < -0.3 is 4.52 Å². The van der Waals surface area contributed by atoms with Gasteiger partial charge in [-0.25, -0.2) is 0 Å². The second kappa shape index (κ2) is 5.25. The summed E-state index contributed by atoms with van der Waals surface area (Å²) in [5.41, 5.74) is 2.35. The second-order valence-electron chi connectivity index (χ2n) is 6.09. The van der Waals surface area contributed by atoms with Gasteiger partial charge >= 0.3 is 0 Å². The van der Waals surface area contributed by atoms with E-state index in [1.165, 1.54) is 51.0 Å². The zero-order chi connectivity index (χ0) is 13.4. The van der Waals surface area contributed by atoms with E-state index in [2.05, 4.69) is 28.8 Å². The molecule has 1 aromatic rings. The molecule has 0 aliphatic carbocycles. The van der Waals surface area contributed by atoms with E-state index in [0.29, 0.717) is 6.04 Å². The molecule has 3 rings (SSSR count). The topological polar surface area (TPSA) is 32.5 Å². The van der Waals surface area contributed by atoms with Crippen LogP contribution in [0.5, 0.6) is 0 Å². The molecule has 0 saturated carbocycles. The molecule has 2 aliphatic rings. The second-order valence-corrected chi connectivity index (χ2v) is 6.09. The Balaban J connectivity index is 1.77. The van der Waals surface area contributed by atoms with Gasteiger partial charge in [0, 0.05) is 30.7 Å². The fourth-order valence-corrected chi connectivity index (χ4v) is 3.86. The van der Waals surface area contributed by atoms with Gasteiger partial charge in [0.1, 0.15) is 5.76 Å². The van der Waals surface area contributed by atoms with Crippen LogP contribution in [-0.2, 0) is 0 Å². The van der Waals surface area contributed by atoms with Crippen LogP contribution < -0.4 is 0 Å². The molecular formula is C15H25N3O. The molecule has 4 heteroatoms. The lowest BCUT2D eigenvalue weighted by molar-refractivity contribution is 0.181. The van der Waals surface area contributed by atoms with E-state index >= 15 is 0 Å². The van der Waals surface area contributed by atoms with Gasteiger partial charge in [-0.15, -0.1) is 0 Å². The smallest absolute Gasteiger partial charge is 0.138 e. The Morgan fingerprint density at radius 3 is 2.74 bits per heavy atom. The van der Waals surface area contributed by atoms with Gasteiger partial charge in [0.2, 0.25) is 0 Å². The molecule has 2 saturated heterocycles. The Kier molecular flexibility index (Phi) is 3.63. The van der Waals surface area contributed by atoms with Crippen molar-refractivity contribution in [2.75, 3.05) is 26.2 Å². The standard InChI is InChI=1S/C15H25N3O/c1-11-15(13(3)19-16-11)12(2)18-9-5-8-17-7-4-6-14(17)10-18/h12,14H,4-10H2,1-3H3. The van der Waals surface area contributed by atoms with E-state index in [0.717, 1.165) is 17.5 Å². The summed E-state index contributed by atoms with van der Waals surface area (Å²) in [6.45, 7) is 11.4. The third-order valence-corrected chi connectivity index (χ3v) is 4.89. The zero-order valence-electron chi connectivity index (χ0n) is 12.4. The van der Waals surface area contributed by atoms with Crippen LogP contribution in [0.1, 0.15) is 49.2 Å².